The van der Waals surface area contributed by atoms with Gasteiger partial charge < -0.3 is 13.3 Å². The number of hydrogen-bond acceptors (Lipinski definition) is 3. The molecule has 6 heteroatoms. The van der Waals surface area contributed by atoms with Crippen molar-refractivity contribution in [2.24, 2.45) is 0 Å². The van der Waals surface area contributed by atoms with E-state index >= 15 is 0 Å². The molecule has 1 rings (SSSR count). The highest BCUT2D eigenvalue weighted by molar-refractivity contribution is 6.60. The predicted molar refractivity (Wildman–Crippen MR) is 80.1 cm³/mol. The summed E-state index contributed by atoms with van der Waals surface area (Å²) in [6.45, 7) is 2.49. The first kappa shape index (κ1) is 18.2. The fourth-order valence-electron chi connectivity index (χ4n) is 2.24. The summed E-state index contributed by atoms with van der Waals surface area (Å²) >= 11 is 0. The van der Waals surface area contributed by atoms with Gasteiger partial charge in [0.05, 0.1) is 0 Å². The van der Waals surface area contributed by atoms with Crippen LogP contribution in [0.25, 0.3) is 0 Å². The number of rotatable bonds is 10. The molecule has 0 radical (unpaired) electrons. The van der Waals surface area contributed by atoms with Gasteiger partial charge in [-0.3, -0.25) is 0 Å². The molecule has 0 amide bonds. The van der Waals surface area contributed by atoms with E-state index in [1.54, 1.807) is 20.3 Å². The largest absolute Gasteiger partial charge is 0.500 e. The molecule has 1 aromatic rings. The molecular formula is C15H24F2O3Si. The molecular weight excluding hydrogens is 294 g/mol. The topological polar surface area (TPSA) is 27.7 Å². The Hall–Kier alpha value is -0.823. The van der Waals surface area contributed by atoms with Crippen molar-refractivity contribution in [2.75, 3.05) is 20.8 Å². The van der Waals surface area contributed by atoms with Gasteiger partial charge in [0.1, 0.15) is 0 Å². The van der Waals surface area contributed by atoms with Crippen molar-refractivity contribution >= 4 is 8.80 Å². The molecule has 0 unspecified atom stereocenters. The minimum absolute atomic E-state index is 0.572. The fourth-order valence-corrected chi connectivity index (χ4v) is 4.32. The van der Waals surface area contributed by atoms with Crippen LogP contribution in [0.1, 0.15) is 31.7 Å². The molecule has 1 aromatic carbocycles. The zero-order chi connectivity index (χ0) is 15.7. The zero-order valence-electron chi connectivity index (χ0n) is 13.0. The lowest BCUT2D eigenvalue weighted by Gasteiger charge is -2.25. The molecule has 0 atom stereocenters. The van der Waals surface area contributed by atoms with Crippen LogP contribution >= 0.6 is 0 Å². The third-order valence-corrected chi connectivity index (χ3v) is 6.36. The quantitative estimate of drug-likeness (QED) is 0.483. The van der Waals surface area contributed by atoms with E-state index in [2.05, 4.69) is 0 Å². The van der Waals surface area contributed by atoms with E-state index in [0.29, 0.717) is 6.61 Å². The molecule has 0 aliphatic rings. The van der Waals surface area contributed by atoms with Gasteiger partial charge in [-0.1, -0.05) is 12.5 Å². The van der Waals surface area contributed by atoms with Crippen LogP contribution in [-0.4, -0.2) is 29.6 Å². The first-order valence-electron chi connectivity index (χ1n) is 7.25. The average Bonchev–Trinajstić information content (AvgIpc) is 2.49. The molecule has 0 N–H and O–H groups in total. The smallest absolute Gasteiger partial charge is 0.377 e. The maximum absolute atomic E-state index is 13.1. The van der Waals surface area contributed by atoms with Crippen molar-refractivity contribution in [3.05, 3.63) is 35.4 Å². The van der Waals surface area contributed by atoms with Crippen LogP contribution in [0.5, 0.6) is 0 Å². The standard InChI is InChI=1S/C15H24F2O3Si/c1-4-20-21(18-2,19-3)11-7-5-6-8-13-9-10-14(16)15(17)12-13/h9-10,12H,4-8,11H2,1-3H3. The van der Waals surface area contributed by atoms with E-state index < -0.39 is 20.4 Å². The highest BCUT2D eigenvalue weighted by Gasteiger charge is 2.37. The summed E-state index contributed by atoms with van der Waals surface area (Å²) in [5.41, 5.74) is 0.820. The van der Waals surface area contributed by atoms with Crippen molar-refractivity contribution in [1.82, 2.24) is 0 Å². The fraction of sp³-hybridized carbons (Fsp3) is 0.600. The summed E-state index contributed by atoms with van der Waals surface area (Å²) in [5, 5.41) is 0. The van der Waals surface area contributed by atoms with Gasteiger partial charge in [-0.05, 0) is 43.9 Å². The Kier molecular flexibility index (Phi) is 8.03. The molecule has 0 bridgehead atoms. The Labute approximate surface area is 126 Å². The molecule has 0 saturated carbocycles. The van der Waals surface area contributed by atoms with E-state index in [-0.39, 0.29) is 0 Å². The van der Waals surface area contributed by atoms with Crippen LogP contribution < -0.4 is 0 Å². The molecule has 21 heavy (non-hydrogen) atoms. The maximum Gasteiger partial charge on any atom is 0.500 e. The third-order valence-electron chi connectivity index (χ3n) is 3.42. The van der Waals surface area contributed by atoms with Gasteiger partial charge in [-0.2, -0.15) is 0 Å². The van der Waals surface area contributed by atoms with E-state index in [1.165, 1.54) is 12.1 Å². The number of halogens is 2. The highest BCUT2D eigenvalue weighted by atomic mass is 28.4. The number of aryl methyl sites for hydroxylation is 1. The van der Waals surface area contributed by atoms with E-state index in [1.807, 2.05) is 6.92 Å². The highest BCUT2D eigenvalue weighted by Crippen LogP contribution is 2.19. The Morgan fingerprint density at radius 2 is 1.71 bits per heavy atom. The van der Waals surface area contributed by atoms with E-state index in [0.717, 1.165) is 37.3 Å². The minimum atomic E-state index is -2.50. The summed E-state index contributed by atoms with van der Waals surface area (Å²) in [6, 6.07) is 4.83. The average molecular weight is 318 g/mol. The number of hydrogen-bond donors (Lipinski definition) is 0. The monoisotopic (exact) mass is 318 g/mol. The Bertz CT molecular complexity index is 425. The maximum atomic E-state index is 13.1. The Morgan fingerprint density at radius 1 is 1.00 bits per heavy atom. The predicted octanol–water partition coefficient (Wildman–Crippen LogP) is 3.95. The summed E-state index contributed by atoms with van der Waals surface area (Å²) < 4.78 is 42.4. The van der Waals surface area contributed by atoms with Gasteiger partial charge in [0.15, 0.2) is 11.6 Å². The van der Waals surface area contributed by atoms with Crippen LogP contribution in [0.15, 0.2) is 18.2 Å². The lowest BCUT2D eigenvalue weighted by molar-refractivity contribution is 0.103. The summed E-state index contributed by atoms with van der Waals surface area (Å²) in [4.78, 5) is 0. The molecule has 3 nitrogen and oxygen atoms in total. The van der Waals surface area contributed by atoms with Gasteiger partial charge in [0, 0.05) is 26.9 Å². The molecule has 0 saturated heterocycles. The van der Waals surface area contributed by atoms with Crippen molar-refractivity contribution in [3.8, 4) is 0 Å². The van der Waals surface area contributed by atoms with Gasteiger partial charge in [-0.15, -0.1) is 0 Å². The second kappa shape index (κ2) is 9.25. The van der Waals surface area contributed by atoms with Crippen LogP contribution in [0.2, 0.25) is 6.04 Å². The van der Waals surface area contributed by atoms with Crippen LogP contribution in [-0.2, 0) is 19.7 Å². The van der Waals surface area contributed by atoms with Crippen molar-refractivity contribution in [3.63, 3.8) is 0 Å². The zero-order valence-corrected chi connectivity index (χ0v) is 14.0. The Morgan fingerprint density at radius 3 is 2.29 bits per heavy atom. The normalized spacial score (nSPS) is 11.9. The van der Waals surface area contributed by atoms with Gasteiger partial charge >= 0.3 is 8.80 Å². The molecule has 0 aromatic heterocycles. The summed E-state index contributed by atoms with van der Waals surface area (Å²) in [5.74, 6) is -1.58. The molecule has 0 aliphatic carbocycles. The van der Waals surface area contributed by atoms with Crippen LogP contribution in [0, 0.1) is 11.6 Å². The minimum Gasteiger partial charge on any atom is -0.377 e. The number of unbranched alkanes of at least 4 members (excludes halogenated alkanes) is 2. The van der Waals surface area contributed by atoms with Crippen molar-refractivity contribution in [2.45, 2.75) is 38.7 Å². The van der Waals surface area contributed by atoms with Gasteiger partial charge in [-0.25, -0.2) is 8.78 Å². The number of benzene rings is 1. The summed E-state index contributed by atoms with van der Waals surface area (Å²) in [6.07, 6.45) is 3.54. The first-order chi connectivity index (χ1) is 10.1. The SMILES string of the molecule is CCO[Si](CCCCCc1ccc(F)c(F)c1)(OC)OC. The molecule has 120 valence electrons. The Balaban J connectivity index is 2.31. The van der Waals surface area contributed by atoms with Gasteiger partial charge in [0.2, 0.25) is 0 Å². The molecule has 0 aliphatic heterocycles. The molecule has 0 fully saturated rings. The van der Waals surface area contributed by atoms with Crippen molar-refractivity contribution in [1.29, 1.82) is 0 Å². The van der Waals surface area contributed by atoms with E-state index in [9.17, 15) is 8.78 Å². The lowest BCUT2D eigenvalue weighted by atomic mass is 10.1. The van der Waals surface area contributed by atoms with E-state index in [4.69, 9.17) is 13.3 Å². The van der Waals surface area contributed by atoms with Crippen molar-refractivity contribution < 1.29 is 22.1 Å². The lowest BCUT2D eigenvalue weighted by Crippen LogP contribution is -2.43. The summed E-state index contributed by atoms with van der Waals surface area (Å²) in [7, 11) is 0.737. The van der Waals surface area contributed by atoms with Crippen LogP contribution in [0.4, 0.5) is 8.78 Å². The second-order valence-corrected chi connectivity index (χ2v) is 7.80. The molecule has 0 spiro atoms. The second-order valence-electron chi connectivity index (χ2n) is 4.83. The van der Waals surface area contributed by atoms with Gasteiger partial charge in [0.25, 0.3) is 0 Å². The molecule has 0 heterocycles. The first-order valence-corrected chi connectivity index (χ1v) is 9.18. The van der Waals surface area contributed by atoms with Crippen LogP contribution in [0.3, 0.4) is 0 Å². The third kappa shape index (κ3) is 5.82.